The second-order valence-electron chi connectivity index (χ2n) is 6.10. The first kappa shape index (κ1) is 16.2. The number of hydrogen-bond acceptors (Lipinski definition) is 3. The Kier molecular flexibility index (Phi) is 4.65. The van der Waals surface area contributed by atoms with E-state index in [0.717, 1.165) is 5.56 Å². The van der Waals surface area contributed by atoms with Gasteiger partial charge in [0.05, 0.1) is 18.7 Å². The van der Waals surface area contributed by atoms with Crippen molar-refractivity contribution in [3.8, 4) is 5.75 Å². The van der Waals surface area contributed by atoms with Gasteiger partial charge in [0.2, 0.25) is 5.91 Å². The Balaban J connectivity index is 1.78. The van der Waals surface area contributed by atoms with E-state index in [1.54, 1.807) is 24.1 Å². The zero-order valence-electron chi connectivity index (χ0n) is 13.9. The molecule has 0 N–H and O–H groups in total. The lowest BCUT2D eigenvalue weighted by molar-refractivity contribution is -0.129. The highest BCUT2D eigenvalue weighted by atomic mass is 16.5. The molecule has 2 atom stereocenters. The van der Waals surface area contributed by atoms with Gasteiger partial charge in [-0.05, 0) is 24.6 Å². The van der Waals surface area contributed by atoms with Gasteiger partial charge in [-0.2, -0.15) is 0 Å². The Morgan fingerprint density at radius 3 is 2.50 bits per heavy atom. The van der Waals surface area contributed by atoms with E-state index in [0.29, 0.717) is 17.9 Å². The first-order chi connectivity index (χ1) is 11.6. The summed E-state index contributed by atoms with van der Waals surface area (Å²) in [4.78, 5) is 27.0. The third kappa shape index (κ3) is 3.04. The molecule has 1 aliphatic heterocycles. The van der Waals surface area contributed by atoms with Gasteiger partial charge in [-0.25, -0.2) is 0 Å². The molecule has 0 saturated carbocycles. The number of amides is 1. The molecule has 0 bridgehead atoms. The molecule has 1 heterocycles. The summed E-state index contributed by atoms with van der Waals surface area (Å²) in [6, 6.07) is 17.0. The summed E-state index contributed by atoms with van der Waals surface area (Å²) >= 11 is 0. The minimum atomic E-state index is -0.319. The third-order valence-electron chi connectivity index (χ3n) is 4.65. The quantitative estimate of drug-likeness (QED) is 0.791. The summed E-state index contributed by atoms with van der Waals surface area (Å²) in [5, 5.41) is 0. The molecule has 0 aliphatic carbocycles. The van der Waals surface area contributed by atoms with Crippen molar-refractivity contribution in [1.82, 2.24) is 4.90 Å². The van der Waals surface area contributed by atoms with E-state index in [9.17, 15) is 9.59 Å². The van der Waals surface area contributed by atoms with Crippen LogP contribution in [-0.4, -0.2) is 30.2 Å². The van der Waals surface area contributed by atoms with Crippen LogP contribution in [0.1, 0.15) is 35.3 Å². The molecule has 1 fully saturated rings. The van der Waals surface area contributed by atoms with Crippen LogP contribution in [0.5, 0.6) is 5.75 Å². The fourth-order valence-corrected chi connectivity index (χ4v) is 3.26. The summed E-state index contributed by atoms with van der Waals surface area (Å²) in [6.45, 7) is 2.45. The minimum absolute atomic E-state index is 0.0245. The molecule has 2 aromatic rings. The van der Waals surface area contributed by atoms with Crippen LogP contribution < -0.4 is 4.74 Å². The van der Waals surface area contributed by atoms with Gasteiger partial charge < -0.3 is 9.64 Å². The minimum Gasteiger partial charge on any atom is -0.496 e. The van der Waals surface area contributed by atoms with Gasteiger partial charge in [0.15, 0.2) is 5.78 Å². The van der Waals surface area contributed by atoms with Crippen LogP contribution in [0.25, 0.3) is 0 Å². The largest absolute Gasteiger partial charge is 0.496 e. The van der Waals surface area contributed by atoms with Crippen molar-refractivity contribution in [1.29, 1.82) is 0 Å². The van der Waals surface area contributed by atoms with Crippen molar-refractivity contribution >= 4 is 11.7 Å². The Bertz CT molecular complexity index is 742. The molecule has 1 saturated heterocycles. The molecule has 24 heavy (non-hydrogen) atoms. The fraction of sp³-hybridized carbons (Fsp3) is 0.300. The van der Waals surface area contributed by atoms with Crippen LogP contribution in [0.2, 0.25) is 0 Å². The van der Waals surface area contributed by atoms with Crippen molar-refractivity contribution in [2.75, 3.05) is 13.7 Å². The number of Topliss-reactive ketones (excluding diaryl/α,β-unsaturated/α-hetero) is 1. The van der Waals surface area contributed by atoms with Crippen LogP contribution >= 0.6 is 0 Å². The number of nitrogens with zero attached hydrogens (tertiary/aromatic N) is 1. The molecule has 0 unspecified atom stereocenters. The van der Waals surface area contributed by atoms with E-state index < -0.39 is 0 Å². The normalized spacial score (nSPS) is 18.5. The lowest BCUT2D eigenvalue weighted by Gasteiger charge is -2.25. The van der Waals surface area contributed by atoms with Gasteiger partial charge in [0, 0.05) is 18.9 Å². The lowest BCUT2D eigenvalue weighted by Crippen LogP contribution is -2.29. The maximum absolute atomic E-state index is 12.8. The monoisotopic (exact) mass is 323 g/mol. The maximum atomic E-state index is 12.8. The Labute approximate surface area is 142 Å². The first-order valence-electron chi connectivity index (χ1n) is 8.13. The zero-order chi connectivity index (χ0) is 17.1. The van der Waals surface area contributed by atoms with Crippen molar-refractivity contribution in [2.24, 2.45) is 5.92 Å². The topological polar surface area (TPSA) is 46.6 Å². The molecule has 124 valence electrons. The maximum Gasteiger partial charge on any atom is 0.223 e. The van der Waals surface area contributed by atoms with Gasteiger partial charge in [-0.1, -0.05) is 42.5 Å². The third-order valence-corrected chi connectivity index (χ3v) is 4.65. The highest BCUT2D eigenvalue weighted by Gasteiger charge is 2.37. The van der Waals surface area contributed by atoms with Crippen LogP contribution in [0, 0.1) is 5.92 Å². The number of methoxy groups -OCH3 is 1. The van der Waals surface area contributed by atoms with Crippen LogP contribution in [-0.2, 0) is 4.79 Å². The average molecular weight is 323 g/mol. The number of ketones is 1. The average Bonchev–Trinajstić information content (AvgIpc) is 3.03. The van der Waals surface area contributed by atoms with Crippen molar-refractivity contribution < 1.29 is 14.3 Å². The summed E-state index contributed by atoms with van der Waals surface area (Å²) < 4.78 is 5.28. The number of carbonyl (C=O) groups excluding carboxylic acids is 2. The molecule has 0 aromatic heterocycles. The zero-order valence-corrected chi connectivity index (χ0v) is 13.9. The molecule has 1 aliphatic rings. The number of rotatable bonds is 5. The second-order valence-corrected chi connectivity index (χ2v) is 6.10. The summed E-state index contributed by atoms with van der Waals surface area (Å²) in [7, 11) is 1.55. The van der Waals surface area contributed by atoms with Gasteiger partial charge in [-0.15, -0.1) is 0 Å². The predicted octanol–water partition coefficient (Wildman–Crippen LogP) is 3.49. The van der Waals surface area contributed by atoms with E-state index in [4.69, 9.17) is 4.74 Å². The summed E-state index contributed by atoms with van der Waals surface area (Å²) in [6.07, 6.45) is 0.258. The number of para-hydroxylation sites is 1. The highest BCUT2D eigenvalue weighted by Crippen LogP contribution is 2.31. The van der Waals surface area contributed by atoms with E-state index in [-0.39, 0.29) is 30.1 Å². The van der Waals surface area contributed by atoms with Crippen LogP contribution in [0.3, 0.4) is 0 Å². The van der Waals surface area contributed by atoms with Gasteiger partial charge >= 0.3 is 0 Å². The Morgan fingerprint density at radius 1 is 1.12 bits per heavy atom. The molecule has 1 amide bonds. The van der Waals surface area contributed by atoms with E-state index >= 15 is 0 Å². The smallest absolute Gasteiger partial charge is 0.223 e. The number of carbonyl (C=O) groups is 2. The molecule has 4 nitrogen and oxygen atoms in total. The van der Waals surface area contributed by atoms with E-state index in [1.165, 1.54) is 0 Å². The Morgan fingerprint density at radius 2 is 1.79 bits per heavy atom. The predicted molar refractivity (Wildman–Crippen MR) is 92.0 cm³/mol. The number of hydrogen-bond donors (Lipinski definition) is 0. The van der Waals surface area contributed by atoms with Crippen molar-refractivity contribution in [3.05, 3.63) is 65.7 Å². The molecule has 3 rings (SSSR count). The number of benzene rings is 2. The van der Waals surface area contributed by atoms with E-state index in [2.05, 4.69) is 0 Å². The van der Waals surface area contributed by atoms with Gasteiger partial charge in [0.25, 0.3) is 0 Å². The SMILES string of the molecule is COc1ccccc1C(=O)[C@@H]1CC(=O)N([C@H](C)c2ccccc2)C1. The first-order valence-corrected chi connectivity index (χ1v) is 8.13. The molecule has 0 spiro atoms. The number of ether oxygens (including phenoxy) is 1. The highest BCUT2D eigenvalue weighted by molar-refractivity contribution is 6.03. The second kappa shape index (κ2) is 6.87. The molecule has 4 heteroatoms. The number of likely N-dealkylation sites (tertiary alicyclic amines) is 1. The van der Waals surface area contributed by atoms with Gasteiger partial charge in [0.1, 0.15) is 5.75 Å². The molecular formula is C20H21NO3. The molecule has 2 aromatic carbocycles. The van der Waals surface area contributed by atoms with E-state index in [1.807, 2.05) is 49.4 Å². The Hall–Kier alpha value is -2.62. The fourth-order valence-electron chi connectivity index (χ4n) is 3.26. The standard InChI is InChI=1S/C20H21NO3/c1-14(15-8-4-3-5-9-15)21-13-16(12-19(21)22)20(23)17-10-6-7-11-18(17)24-2/h3-11,14,16H,12-13H2,1-2H3/t14-,16-/m1/s1. The van der Waals surface area contributed by atoms with Crippen molar-refractivity contribution in [3.63, 3.8) is 0 Å². The molecular weight excluding hydrogens is 302 g/mol. The van der Waals surface area contributed by atoms with Crippen molar-refractivity contribution in [2.45, 2.75) is 19.4 Å². The van der Waals surface area contributed by atoms with Crippen LogP contribution in [0.15, 0.2) is 54.6 Å². The molecule has 0 radical (unpaired) electrons. The summed E-state index contributed by atoms with van der Waals surface area (Å²) in [5.41, 5.74) is 1.63. The van der Waals surface area contributed by atoms with Crippen LogP contribution in [0.4, 0.5) is 0 Å². The lowest BCUT2D eigenvalue weighted by atomic mass is 9.96. The van der Waals surface area contributed by atoms with Gasteiger partial charge in [-0.3, -0.25) is 9.59 Å². The summed E-state index contributed by atoms with van der Waals surface area (Å²) in [5.74, 6) is 0.243.